The molecular weight excluding hydrogens is 236 g/mol. The molecule has 0 saturated carbocycles. The summed E-state index contributed by atoms with van der Waals surface area (Å²) >= 11 is 0. The number of nitrogens with one attached hydrogen (secondary N) is 1. The third-order valence-corrected chi connectivity index (χ3v) is 1.99. The van der Waals surface area contributed by atoms with Crippen LogP contribution in [-0.2, 0) is 14.3 Å². The highest BCUT2D eigenvalue weighted by atomic mass is 16.6. The number of ether oxygens (including phenoxy) is 1. The van der Waals surface area contributed by atoms with E-state index in [1.165, 1.54) is 0 Å². The van der Waals surface area contributed by atoms with Crippen molar-refractivity contribution in [2.24, 2.45) is 5.73 Å². The van der Waals surface area contributed by atoms with Crippen molar-refractivity contribution in [1.29, 1.82) is 0 Å². The SMILES string of the molecule is CC(C)(CO)NC(=O)CC(N)C(=O)OC(C)(C)C. The number of rotatable bonds is 5. The second kappa shape index (κ2) is 6.15. The fourth-order valence-corrected chi connectivity index (χ4v) is 1.13. The molecule has 0 aliphatic heterocycles. The summed E-state index contributed by atoms with van der Waals surface area (Å²) in [7, 11) is 0. The first-order valence-corrected chi connectivity index (χ1v) is 5.87. The molecule has 0 saturated heterocycles. The van der Waals surface area contributed by atoms with Crippen LogP contribution in [0.2, 0.25) is 0 Å². The minimum Gasteiger partial charge on any atom is -0.459 e. The van der Waals surface area contributed by atoms with Crippen LogP contribution in [0.5, 0.6) is 0 Å². The molecule has 1 unspecified atom stereocenters. The topological polar surface area (TPSA) is 102 Å². The first kappa shape index (κ1) is 16.9. The number of aliphatic hydroxyl groups excluding tert-OH is 1. The van der Waals surface area contributed by atoms with Crippen LogP contribution in [0, 0.1) is 0 Å². The Balaban J connectivity index is 4.28. The number of carbonyl (C=O) groups excluding carboxylic acids is 2. The number of aliphatic hydroxyl groups is 1. The van der Waals surface area contributed by atoms with Gasteiger partial charge in [-0.1, -0.05) is 0 Å². The van der Waals surface area contributed by atoms with Gasteiger partial charge in [0, 0.05) is 0 Å². The molecule has 0 aromatic carbocycles. The van der Waals surface area contributed by atoms with Gasteiger partial charge in [-0.05, 0) is 34.6 Å². The molecule has 0 aromatic heterocycles. The third-order valence-electron chi connectivity index (χ3n) is 1.99. The number of esters is 1. The average Bonchev–Trinajstić information content (AvgIpc) is 2.13. The maximum atomic E-state index is 11.6. The van der Waals surface area contributed by atoms with E-state index in [2.05, 4.69) is 5.32 Å². The molecule has 0 bridgehead atoms. The Bertz CT molecular complexity index is 308. The van der Waals surface area contributed by atoms with Crippen molar-refractivity contribution in [2.45, 2.75) is 58.2 Å². The van der Waals surface area contributed by atoms with Crippen LogP contribution in [0.1, 0.15) is 41.0 Å². The molecule has 4 N–H and O–H groups in total. The van der Waals surface area contributed by atoms with Crippen molar-refractivity contribution < 1.29 is 19.4 Å². The summed E-state index contributed by atoms with van der Waals surface area (Å²) in [5, 5.41) is 11.6. The van der Waals surface area contributed by atoms with Crippen LogP contribution < -0.4 is 11.1 Å². The van der Waals surface area contributed by atoms with Gasteiger partial charge in [0.2, 0.25) is 5.91 Å². The van der Waals surface area contributed by atoms with Gasteiger partial charge < -0.3 is 20.9 Å². The summed E-state index contributed by atoms with van der Waals surface area (Å²) in [6.07, 6.45) is -0.168. The van der Waals surface area contributed by atoms with Gasteiger partial charge in [0.25, 0.3) is 0 Å². The monoisotopic (exact) mass is 260 g/mol. The molecule has 1 atom stereocenters. The van der Waals surface area contributed by atoms with E-state index in [1.807, 2.05) is 0 Å². The molecule has 0 rings (SSSR count). The molecule has 0 spiro atoms. The maximum absolute atomic E-state index is 11.6. The van der Waals surface area contributed by atoms with Crippen molar-refractivity contribution >= 4 is 11.9 Å². The van der Waals surface area contributed by atoms with Crippen molar-refractivity contribution in [3.63, 3.8) is 0 Å². The van der Waals surface area contributed by atoms with Crippen LogP contribution in [0.25, 0.3) is 0 Å². The summed E-state index contributed by atoms with van der Waals surface area (Å²) in [5.74, 6) is -1.01. The second-order valence-corrected chi connectivity index (χ2v) is 5.93. The Morgan fingerprint density at radius 2 is 1.78 bits per heavy atom. The molecule has 1 amide bonds. The van der Waals surface area contributed by atoms with Gasteiger partial charge in [0.1, 0.15) is 11.6 Å². The molecule has 0 radical (unpaired) electrons. The van der Waals surface area contributed by atoms with Gasteiger partial charge in [-0.3, -0.25) is 9.59 Å². The minimum atomic E-state index is -1.00. The number of hydrogen-bond acceptors (Lipinski definition) is 5. The fraction of sp³-hybridized carbons (Fsp3) is 0.833. The lowest BCUT2D eigenvalue weighted by Crippen LogP contribution is -2.49. The minimum absolute atomic E-state index is 0.168. The lowest BCUT2D eigenvalue weighted by molar-refractivity contribution is -0.157. The molecular formula is C12H24N2O4. The first-order valence-electron chi connectivity index (χ1n) is 5.87. The summed E-state index contributed by atoms with van der Waals surface area (Å²) in [4.78, 5) is 23.1. The molecule has 0 aromatic rings. The maximum Gasteiger partial charge on any atom is 0.323 e. The smallest absolute Gasteiger partial charge is 0.323 e. The zero-order valence-corrected chi connectivity index (χ0v) is 11.7. The molecule has 0 aliphatic rings. The average molecular weight is 260 g/mol. The van der Waals surface area contributed by atoms with E-state index in [9.17, 15) is 9.59 Å². The predicted octanol–water partition coefficient (Wildman–Crippen LogP) is -0.0674. The summed E-state index contributed by atoms with van der Waals surface area (Å²) in [6, 6.07) is -1.00. The summed E-state index contributed by atoms with van der Waals surface area (Å²) in [5.41, 5.74) is 4.23. The zero-order chi connectivity index (χ0) is 14.6. The standard InChI is InChI=1S/C12H24N2O4/c1-11(2,3)18-10(17)8(13)6-9(16)14-12(4,5)7-15/h8,15H,6-7,13H2,1-5H3,(H,14,16). The van der Waals surface area contributed by atoms with Crippen molar-refractivity contribution in [3.8, 4) is 0 Å². The fourth-order valence-electron chi connectivity index (χ4n) is 1.13. The Kier molecular flexibility index (Phi) is 5.76. The lowest BCUT2D eigenvalue weighted by Gasteiger charge is -2.25. The van der Waals surface area contributed by atoms with Gasteiger partial charge in [0.15, 0.2) is 0 Å². The van der Waals surface area contributed by atoms with E-state index in [0.717, 1.165) is 0 Å². The molecule has 6 heteroatoms. The van der Waals surface area contributed by atoms with E-state index in [0.29, 0.717) is 0 Å². The van der Waals surface area contributed by atoms with Crippen LogP contribution in [0.15, 0.2) is 0 Å². The molecule has 18 heavy (non-hydrogen) atoms. The number of nitrogens with two attached hydrogens (primary N) is 1. The van der Waals surface area contributed by atoms with Crippen molar-refractivity contribution in [3.05, 3.63) is 0 Å². The summed E-state index contributed by atoms with van der Waals surface area (Å²) < 4.78 is 5.06. The number of carbonyl (C=O) groups is 2. The van der Waals surface area contributed by atoms with E-state index < -0.39 is 29.1 Å². The highest BCUT2D eigenvalue weighted by molar-refractivity contribution is 5.85. The highest BCUT2D eigenvalue weighted by Gasteiger charge is 2.26. The van der Waals surface area contributed by atoms with Crippen LogP contribution in [0.4, 0.5) is 0 Å². The van der Waals surface area contributed by atoms with Crippen molar-refractivity contribution in [1.82, 2.24) is 5.32 Å². The van der Waals surface area contributed by atoms with Crippen molar-refractivity contribution in [2.75, 3.05) is 6.61 Å². The highest BCUT2D eigenvalue weighted by Crippen LogP contribution is 2.09. The molecule has 106 valence electrons. The molecule has 0 fully saturated rings. The van der Waals surface area contributed by atoms with Crippen LogP contribution in [-0.4, -0.2) is 40.8 Å². The lowest BCUT2D eigenvalue weighted by atomic mass is 10.1. The molecule has 6 nitrogen and oxygen atoms in total. The quantitative estimate of drug-likeness (QED) is 0.601. The Hall–Kier alpha value is -1.14. The third kappa shape index (κ3) is 7.24. The van der Waals surface area contributed by atoms with Gasteiger partial charge in [-0.15, -0.1) is 0 Å². The molecule has 0 heterocycles. The largest absolute Gasteiger partial charge is 0.459 e. The van der Waals surface area contributed by atoms with E-state index >= 15 is 0 Å². The van der Waals surface area contributed by atoms with Crippen LogP contribution in [0.3, 0.4) is 0 Å². The number of hydrogen-bond donors (Lipinski definition) is 3. The number of amides is 1. The van der Waals surface area contributed by atoms with Gasteiger partial charge in [0.05, 0.1) is 18.6 Å². The zero-order valence-electron chi connectivity index (χ0n) is 11.7. The van der Waals surface area contributed by atoms with E-state index in [-0.39, 0.29) is 13.0 Å². The second-order valence-electron chi connectivity index (χ2n) is 5.93. The summed E-state index contributed by atoms with van der Waals surface area (Å²) in [6.45, 7) is 8.33. The predicted molar refractivity (Wildman–Crippen MR) is 67.7 cm³/mol. The normalized spacial score (nSPS) is 13.9. The molecule has 0 aliphatic carbocycles. The van der Waals surface area contributed by atoms with E-state index in [1.54, 1.807) is 34.6 Å². The Labute approximate surface area is 108 Å². The van der Waals surface area contributed by atoms with Gasteiger partial charge >= 0.3 is 5.97 Å². The van der Waals surface area contributed by atoms with Gasteiger partial charge in [-0.25, -0.2) is 0 Å². The van der Waals surface area contributed by atoms with Crippen LogP contribution >= 0.6 is 0 Å². The Morgan fingerprint density at radius 3 is 2.17 bits per heavy atom. The van der Waals surface area contributed by atoms with E-state index in [4.69, 9.17) is 15.6 Å². The first-order chi connectivity index (χ1) is 7.97. The Morgan fingerprint density at radius 1 is 1.28 bits per heavy atom. The van der Waals surface area contributed by atoms with Gasteiger partial charge in [-0.2, -0.15) is 0 Å².